The third kappa shape index (κ3) is 2.82. The number of nitrogens with zero attached hydrogens (tertiary/aromatic N) is 2. The summed E-state index contributed by atoms with van der Waals surface area (Å²) < 4.78 is 0. The van der Waals surface area contributed by atoms with E-state index in [0.29, 0.717) is 0 Å². The third-order valence-corrected chi connectivity index (χ3v) is 2.37. The lowest BCUT2D eigenvalue weighted by Crippen LogP contribution is -2.15. The predicted molar refractivity (Wildman–Crippen MR) is 70.3 cm³/mol. The van der Waals surface area contributed by atoms with Gasteiger partial charge in [-0.15, -0.1) is 0 Å². The first kappa shape index (κ1) is 12.0. The maximum Gasteiger partial charge on any atom is 0.275 e. The number of aryl methyl sites for hydroxylation is 2. The van der Waals surface area contributed by atoms with E-state index < -0.39 is 0 Å². The second-order valence-electron chi connectivity index (χ2n) is 4.16. The maximum absolute atomic E-state index is 11.9. The minimum atomic E-state index is -0.320. The highest BCUT2D eigenvalue weighted by atomic mass is 16.1. The fraction of sp³-hybridized carbons (Fsp3) is 0.154. The maximum atomic E-state index is 11.9. The number of nitrogens with two attached hydrogens (primary N) is 1. The monoisotopic (exact) mass is 242 g/mol. The number of benzene rings is 1. The molecule has 0 aliphatic rings. The summed E-state index contributed by atoms with van der Waals surface area (Å²) in [5.41, 5.74) is 8.60. The number of hydrogen-bond acceptors (Lipinski definition) is 4. The summed E-state index contributed by atoms with van der Waals surface area (Å²) in [4.78, 5) is 19.7. The molecular weight excluding hydrogens is 228 g/mol. The van der Waals surface area contributed by atoms with Crippen molar-refractivity contribution in [1.82, 2.24) is 9.97 Å². The Morgan fingerprint density at radius 2 is 1.83 bits per heavy atom. The molecule has 0 aliphatic carbocycles. The molecule has 5 nitrogen and oxygen atoms in total. The molecule has 0 saturated heterocycles. The number of carbonyl (C=O) groups is 1. The van der Waals surface area contributed by atoms with Crippen LogP contribution in [-0.4, -0.2) is 15.9 Å². The Morgan fingerprint density at radius 3 is 2.44 bits per heavy atom. The molecule has 2 aromatic rings. The predicted octanol–water partition coefficient (Wildman–Crippen LogP) is 1.93. The molecule has 1 amide bonds. The zero-order valence-electron chi connectivity index (χ0n) is 10.3. The lowest BCUT2D eigenvalue weighted by atomic mass is 10.1. The third-order valence-electron chi connectivity index (χ3n) is 2.37. The van der Waals surface area contributed by atoms with Gasteiger partial charge in [-0.1, -0.05) is 6.07 Å². The molecule has 0 fully saturated rings. The Labute approximate surface area is 105 Å². The van der Waals surface area contributed by atoms with Crippen LogP contribution in [0.5, 0.6) is 0 Å². The van der Waals surface area contributed by atoms with Gasteiger partial charge in [0.2, 0.25) is 0 Å². The van der Waals surface area contributed by atoms with Gasteiger partial charge >= 0.3 is 0 Å². The van der Waals surface area contributed by atoms with E-state index in [4.69, 9.17) is 5.73 Å². The van der Waals surface area contributed by atoms with Crippen molar-refractivity contribution in [1.29, 1.82) is 0 Å². The summed E-state index contributed by atoms with van der Waals surface area (Å²) in [6.45, 7) is 3.95. The largest absolute Gasteiger partial charge is 0.382 e. The van der Waals surface area contributed by atoms with Gasteiger partial charge in [0.25, 0.3) is 5.91 Å². The summed E-state index contributed by atoms with van der Waals surface area (Å²) >= 11 is 0. The van der Waals surface area contributed by atoms with Crippen molar-refractivity contribution >= 4 is 17.4 Å². The number of amides is 1. The first-order valence-corrected chi connectivity index (χ1v) is 5.52. The van der Waals surface area contributed by atoms with Gasteiger partial charge in [-0.25, -0.2) is 4.98 Å². The molecule has 3 N–H and O–H groups in total. The van der Waals surface area contributed by atoms with Crippen molar-refractivity contribution in [2.75, 3.05) is 11.1 Å². The summed E-state index contributed by atoms with van der Waals surface area (Å²) in [7, 11) is 0. The van der Waals surface area contributed by atoms with Crippen LogP contribution in [0.3, 0.4) is 0 Å². The number of nitrogens with one attached hydrogen (secondary N) is 1. The second kappa shape index (κ2) is 4.83. The van der Waals surface area contributed by atoms with Gasteiger partial charge in [0, 0.05) is 5.69 Å². The zero-order valence-corrected chi connectivity index (χ0v) is 10.3. The van der Waals surface area contributed by atoms with Crippen molar-refractivity contribution in [2.45, 2.75) is 13.8 Å². The Morgan fingerprint density at radius 1 is 1.17 bits per heavy atom. The highest BCUT2D eigenvalue weighted by Gasteiger charge is 2.08. The van der Waals surface area contributed by atoms with Gasteiger partial charge < -0.3 is 11.1 Å². The number of nitrogen functional groups attached to an aromatic ring is 1. The van der Waals surface area contributed by atoms with Crippen molar-refractivity contribution in [3.63, 3.8) is 0 Å². The van der Waals surface area contributed by atoms with Gasteiger partial charge in [-0.05, 0) is 37.1 Å². The number of rotatable bonds is 2. The van der Waals surface area contributed by atoms with Crippen LogP contribution in [0.4, 0.5) is 11.5 Å². The fourth-order valence-corrected chi connectivity index (χ4v) is 1.73. The van der Waals surface area contributed by atoms with Gasteiger partial charge in [0.05, 0.1) is 12.4 Å². The van der Waals surface area contributed by atoms with Crippen molar-refractivity contribution in [2.24, 2.45) is 0 Å². The molecule has 5 heteroatoms. The Hall–Kier alpha value is -2.43. The van der Waals surface area contributed by atoms with E-state index in [2.05, 4.69) is 15.3 Å². The highest BCUT2D eigenvalue weighted by Crippen LogP contribution is 2.14. The first-order valence-electron chi connectivity index (χ1n) is 5.52. The Balaban J connectivity index is 2.21. The van der Waals surface area contributed by atoms with E-state index in [1.807, 2.05) is 32.0 Å². The van der Waals surface area contributed by atoms with E-state index in [0.717, 1.165) is 16.8 Å². The van der Waals surface area contributed by atoms with Crippen LogP contribution in [0.2, 0.25) is 0 Å². The molecule has 0 spiro atoms. The molecular formula is C13H14N4O. The number of aromatic nitrogens is 2. The van der Waals surface area contributed by atoms with Crippen LogP contribution in [0.25, 0.3) is 0 Å². The van der Waals surface area contributed by atoms with Gasteiger partial charge in [-0.2, -0.15) is 0 Å². The van der Waals surface area contributed by atoms with Gasteiger partial charge in [0.1, 0.15) is 11.5 Å². The molecule has 2 rings (SSSR count). The van der Waals surface area contributed by atoms with Crippen molar-refractivity contribution in [3.05, 3.63) is 47.4 Å². The standard InChI is InChI=1S/C13H14N4O/c1-8-3-9(2)5-10(4-8)16-13(18)11-6-15-7-12(14)17-11/h3-7H,1-2H3,(H2,14,17)(H,16,18). The number of anilines is 2. The average Bonchev–Trinajstić information content (AvgIpc) is 2.27. The van der Waals surface area contributed by atoms with Crippen LogP contribution >= 0.6 is 0 Å². The van der Waals surface area contributed by atoms with Gasteiger partial charge in [-0.3, -0.25) is 9.78 Å². The SMILES string of the molecule is Cc1cc(C)cc(NC(=O)c2cncc(N)n2)c1. The van der Waals surface area contributed by atoms with Crippen molar-refractivity contribution < 1.29 is 4.79 Å². The molecule has 0 radical (unpaired) electrons. The zero-order chi connectivity index (χ0) is 13.1. The second-order valence-corrected chi connectivity index (χ2v) is 4.16. The van der Waals surface area contributed by atoms with E-state index in [1.165, 1.54) is 12.4 Å². The minimum Gasteiger partial charge on any atom is -0.382 e. The van der Waals surface area contributed by atoms with Crippen LogP contribution in [0.1, 0.15) is 21.6 Å². The normalized spacial score (nSPS) is 10.1. The molecule has 1 aromatic carbocycles. The van der Waals surface area contributed by atoms with Crippen LogP contribution in [-0.2, 0) is 0 Å². The van der Waals surface area contributed by atoms with E-state index in [1.54, 1.807) is 0 Å². The molecule has 0 saturated carbocycles. The summed E-state index contributed by atoms with van der Waals surface area (Å²) in [6.07, 6.45) is 2.78. The molecule has 0 unspecified atom stereocenters. The molecule has 92 valence electrons. The summed E-state index contributed by atoms with van der Waals surface area (Å²) in [5.74, 6) is -0.0946. The number of hydrogen-bond donors (Lipinski definition) is 2. The molecule has 18 heavy (non-hydrogen) atoms. The average molecular weight is 242 g/mol. The first-order chi connectivity index (χ1) is 8.54. The molecule has 0 atom stereocenters. The van der Waals surface area contributed by atoms with Crippen LogP contribution in [0, 0.1) is 13.8 Å². The summed E-state index contributed by atoms with van der Waals surface area (Å²) in [6, 6.07) is 5.82. The Bertz CT molecular complexity index is 575. The molecule has 1 aromatic heterocycles. The highest BCUT2D eigenvalue weighted by molar-refractivity contribution is 6.02. The van der Waals surface area contributed by atoms with E-state index >= 15 is 0 Å². The molecule has 1 heterocycles. The Kier molecular flexibility index (Phi) is 3.23. The smallest absolute Gasteiger partial charge is 0.275 e. The van der Waals surface area contributed by atoms with E-state index in [9.17, 15) is 4.79 Å². The number of carbonyl (C=O) groups excluding carboxylic acids is 1. The molecule has 0 bridgehead atoms. The van der Waals surface area contributed by atoms with E-state index in [-0.39, 0.29) is 17.4 Å². The quantitative estimate of drug-likeness (QED) is 0.843. The summed E-state index contributed by atoms with van der Waals surface area (Å²) in [5, 5.41) is 2.77. The topological polar surface area (TPSA) is 80.9 Å². The lowest BCUT2D eigenvalue weighted by molar-refractivity contribution is 0.102. The van der Waals surface area contributed by atoms with Gasteiger partial charge in [0.15, 0.2) is 0 Å². The lowest BCUT2D eigenvalue weighted by Gasteiger charge is -2.07. The molecule has 0 aliphatic heterocycles. The van der Waals surface area contributed by atoms with Crippen LogP contribution < -0.4 is 11.1 Å². The minimum absolute atomic E-state index is 0.203. The van der Waals surface area contributed by atoms with Crippen molar-refractivity contribution in [3.8, 4) is 0 Å². The fourth-order valence-electron chi connectivity index (χ4n) is 1.73. The van der Waals surface area contributed by atoms with Crippen LogP contribution in [0.15, 0.2) is 30.6 Å².